The van der Waals surface area contributed by atoms with E-state index in [0.717, 1.165) is 21.0 Å². The molecular weight excluding hydrogens is 378 g/mol. The van der Waals surface area contributed by atoms with Gasteiger partial charge < -0.3 is 10.6 Å². The molecule has 0 spiro atoms. The minimum atomic E-state index is -3.83. The Hall–Kier alpha value is -2.71. The van der Waals surface area contributed by atoms with Gasteiger partial charge in [0, 0.05) is 24.8 Å². The van der Waals surface area contributed by atoms with E-state index in [2.05, 4.69) is 10.6 Å². The van der Waals surface area contributed by atoms with Gasteiger partial charge in [0.2, 0.25) is 21.8 Å². The number of carbonyl (C=O) groups is 2. The number of nitrogens with zero attached hydrogens (tertiary/aromatic N) is 1. The van der Waals surface area contributed by atoms with Crippen LogP contribution in [0.25, 0.3) is 0 Å². The summed E-state index contributed by atoms with van der Waals surface area (Å²) in [5.41, 5.74) is 4.06. The van der Waals surface area contributed by atoms with Gasteiger partial charge in [0.25, 0.3) is 0 Å². The number of aryl methyl sites for hydroxylation is 3. The molecule has 7 nitrogen and oxygen atoms in total. The monoisotopic (exact) mass is 401 g/mol. The maximum atomic E-state index is 12.8. The standard InChI is InChI=1S/C20H23N3O4S/c1-13-8-14(2)10-16(9-13)21-20(25)12-23(3)28(26,27)17-5-6-18-15(11-17)4-7-19(24)22-18/h5-6,8-11H,4,7,12H2,1-3H3,(H,21,25)(H,22,24). The van der Waals surface area contributed by atoms with E-state index in [1.54, 1.807) is 12.1 Å². The Balaban J connectivity index is 1.73. The minimum absolute atomic E-state index is 0.0803. The average Bonchev–Trinajstić information content (AvgIpc) is 2.60. The number of hydrogen-bond acceptors (Lipinski definition) is 4. The van der Waals surface area contributed by atoms with Crippen LogP contribution in [0.5, 0.6) is 0 Å². The maximum Gasteiger partial charge on any atom is 0.243 e. The molecule has 2 N–H and O–H groups in total. The average molecular weight is 401 g/mol. The van der Waals surface area contributed by atoms with Crippen molar-refractivity contribution in [2.75, 3.05) is 24.2 Å². The van der Waals surface area contributed by atoms with E-state index >= 15 is 0 Å². The lowest BCUT2D eigenvalue weighted by Crippen LogP contribution is -2.35. The SMILES string of the molecule is Cc1cc(C)cc(NC(=O)CN(C)S(=O)(=O)c2ccc3c(c2)CCC(=O)N3)c1. The second-order valence-corrected chi connectivity index (χ2v) is 9.10. The van der Waals surface area contributed by atoms with Crippen LogP contribution in [0.1, 0.15) is 23.1 Å². The van der Waals surface area contributed by atoms with Crippen LogP contribution in [-0.4, -0.2) is 38.1 Å². The van der Waals surface area contributed by atoms with Gasteiger partial charge in [-0.25, -0.2) is 8.42 Å². The Morgan fingerprint density at radius 2 is 1.79 bits per heavy atom. The summed E-state index contributed by atoms with van der Waals surface area (Å²) in [4.78, 5) is 23.9. The summed E-state index contributed by atoms with van der Waals surface area (Å²) in [6, 6.07) is 10.2. The van der Waals surface area contributed by atoms with E-state index in [1.807, 2.05) is 32.0 Å². The Morgan fingerprint density at radius 1 is 1.11 bits per heavy atom. The van der Waals surface area contributed by atoms with Crippen LogP contribution in [0, 0.1) is 13.8 Å². The van der Waals surface area contributed by atoms with Gasteiger partial charge >= 0.3 is 0 Å². The molecule has 0 atom stereocenters. The van der Waals surface area contributed by atoms with Gasteiger partial charge in [-0.1, -0.05) is 6.07 Å². The third-order valence-electron chi connectivity index (χ3n) is 4.55. The first-order valence-corrected chi connectivity index (χ1v) is 10.4. The van der Waals surface area contributed by atoms with Crippen molar-refractivity contribution in [2.24, 2.45) is 0 Å². The van der Waals surface area contributed by atoms with Crippen LogP contribution in [0.2, 0.25) is 0 Å². The zero-order chi connectivity index (χ0) is 20.5. The van der Waals surface area contributed by atoms with Gasteiger partial charge in [-0.05, 0) is 67.3 Å². The number of hydrogen-bond donors (Lipinski definition) is 2. The summed E-state index contributed by atoms with van der Waals surface area (Å²) in [6.45, 7) is 3.55. The fourth-order valence-electron chi connectivity index (χ4n) is 3.23. The van der Waals surface area contributed by atoms with Crippen molar-refractivity contribution in [3.63, 3.8) is 0 Å². The van der Waals surface area contributed by atoms with Crippen LogP contribution < -0.4 is 10.6 Å². The normalized spacial score (nSPS) is 13.8. The first-order valence-electron chi connectivity index (χ1n) is 8.92. The number of sulfonamides is 1. The van der Waals surface area contributed by atoms with Crippen LogP contribution in [0.4, 0.5) is 11.4 Å². The van der Waals surface area contributed by atoms with E-state index in [1.165, 1.54) is 13.1 Å². The van der Waals surface area contributed by atoms with Gasteiger partial charge in [0.05, 0.1) is 11.4 Å². The van der Waals surface area contributed by atoms with Crippen molar-refractivity contribution >= 4 is 33.2 Å². The molecule has 0 fully saturated rings. The highest BCUT2D eigenvalue weighted by Crippen LogP contribution is 2.26. The summed E-state index contributed by atoms with van der Waals surface area (Å²) in [5, 5.41) is 5.47. The number of benzene rings is 2. The molecule has 8 heteroatoms. The highest BCUT2D eigenvalue weighted by Gasteiger charge is 2.25. The van der Waals surface area contributed by atoms with Gasteiger partial charge in [-0.2, -0.15) is 4.31 Å². The second-order valence-electron chi connectivity index (χ2n) is 7.05. The molecule has 0 bridgehead atoms. The lowest BCUT2D eigenvalue weighted by molar-refractivity contribution is -0.117. The molecule has 1 heterocycles. The lowest BCUT2D eigenvalue weighted by atomic mass is 10.0. The molecule has 0 saturated heterocycles. The molecule has 0 unspecified atom stereocenters. The van der Waals surface area contributed by atoms with E-state index < -0.39 is 15.9 Å². The molecular formula is C20H23N3O4S. The van der Waals surface area contributed by atoms with Crippen molar-refractivity contribution in [3.8, 4) is 0 Å². The van der Waals surface area contributed by atoms with Crippen molar-refractivity contribution in [1.29, 1.82) is 0 Å². The molecule has 0 aliphatic carbocycles. The number of nitrogens with one attached hydrogen (secondary N) is 2. The molecule has 3 rings (SSSR count). The smallest absolute Gasteiger partial charge is 0.243 e. The second kappa shape index (κ2) is 7.73. The van der Waals surface area contributed by atoms with E-state index in [-0.39, 0.29) is 17.3 Å². The number of amides is 2. The Bertz CT molecular complexity index is 1030. The van der Waals surface area contributed by atoms with E-state index in [9.17, 15) is 18.0 Å². The Labute approximate surface area is 164 Å². The molecule has 0 aromatic heterocycles. The van der Waals surface area contributed by atoms with Crippen LogP contribution >= 0.6 is 0 Å². The van der Waals surface area contributed by atoms with E-state index in [0.29, 0.717) is 24.2 Å². The zero-order valence-electron chi connectivity index (χ0n) is 16.1. The van der Waals surface area contributed by atoms with Gasteiger partial charge in [-0.3, -0.25) is 9.59 Å². The largest absolute Gasteiger partial charge is 0.326 e. The van der Waals surface area contributed by atoms with Crippen molar-refractivity contribution < 1.29 is 18.0 Å². The highest BCUT2D eigenvalue weighted by molar-refractivity contribution is 7.89. The molecule has 1 aliphatic rings. The quantitative estimate of drug-likeness (QED) is 0.804. The molecule has 0 radical (unpaired) electrons. The summed E-state index contributed by atoms with van der Waals surface area (Å²) < 4.78 is 26.7. The molecule has 0 saturated carbocycles. The molecule has 2 aromatic carbocycles. The predicted octanol–water partition coefficient (Wildman–Crippen LogP) is 2.45. The van der Waals surface area contributed by atoms with Crippen LogP contribution in [0.3, 0.4) is 0 Å². The molecule has 28 heavy (non-hydrogen) atoms. The fraction of sp³-hybridized carbons (Fsp3) is 0.300. The molecule has 1 aliphatic heterocycles. The fourth-order valence-corrected chi connectivity index (χ4v) is 4.41. The summed E-state index contributed by atoms with van der Waals surface area (Å²) in [6.07, 6.45) is 0.812. The first kappa shape index (κ1) is 20.0. The first-order chi connectivity index (χ1) is 13.1. The van der Waals surface area contributed by atoms with Crippen LogP contribution in [-0.2, 0) is 26.0 Å². The summed E-state index contributed by atoms with van der Waals surface area (Å²) in [5.74, 6) is -0.496. The van der Waals surface area contributed by atoms with E-state index in [4.69, 9.17) is 0 Å². The summed E-state index contributed by atoms with van der Waals surface area (Å²) >= 11 is 0. The van der Waals surface area contributed by atoms with Gasteiger partial charge in [-0.15, -0.1) is 0 Å². The van der Waals surface area contributed by atoms with Crippen molar-refractivity contribution in [1.82, 2.24) is 4.31 Å². The number of fused-ring (bicyclic) bond motifs is 1. The summed E-state index contributed by atoms with van der Waals surface area (Å²) in [7, 11) is -2.46. The predicted molar refractivity (Wildman–Crippen MR) is 108 cm³/mol. The minimum Gasteiger partial charge on any atom is -0.326 e. The lowest BCUT2D eigenvalue weighted by Gasteiger charge is -2.20. The highest BCUT2D eigenvalue weighted by atomic mass is 32.2. The molecule has 2 aromatic rings. The topological polar surface area (TPSA) is 95.6 Å². The molecule has 2 amide bonds. The Morgan fingerprint density at radius 3 is 2.46 bits per heavy atom. The van der Waals surface area contributed by atoms with Gasteiger partial charge in [0.1, 0.15) is 0 Å². The Kier molecular flexibility index (Phi) is 5.53. The molecule has 148 valence electrons. The zero-order valence-corrected chi connectivity index (χ0v) is 16.9. The van der Waals surface area contributed by atoms with Gasteiger partial charge in [0.15, 0.2) is 0 Å². The number of anilines is 2. The van der Waals surface area contributed by atoms with Crippen molar-refractivity contribution in [2.45, 2.75) is 31.6 Å². The maximum absolute atomic E-state index is 12.8. The van der Waals surface area contributed by atoms with Crippen molar-refractivity contribution in [3.05, 3.63) is 53.1 Å². The third-order valence-corrected chi connectivity index (χ3v) is 6.35. The number of likely N-dealkylation sites (N-methyl/N-ethyl adjacent to an activating group) is 1. The number of rotatable bonds is 5. The third kappa shape index (κ3) is 4.40. The number of carbonyl (C=O) groups excluding carboxylic acids is 2. The van der Waals surface area contributed by atoms with Crippen LogP contribution in [0.15, 0.2) is 41.3 Å².